The van der Waals surface area contributed by atoms with E-state index in [9.17, 15) is 5.11 Å². The molecule has 1 aromatic carbocycles. The van der Waals surface area contributed by atoms with Crippen molar-refractivity contribution in [1.82, 2.24) is 0 Å². The molecule has 82 valence electrons. The number of aliphatic hydroxyl groups excluding tert-OH is 1. The van der Waals surface area contributed by atoms with Crippen LogP contribution in [0, 0.1) is 0 Å². The first kappa shape index (κ1) is 10.3. The lowest BCUT2D eigenvalue weighted by Crippen LogP contribution is -2.13. The second-order valence-electron chi connectivity index (χ2n) is 3.89. The Morgan fingerprint density at radius 2 is 2.07 bits per heavy atom. The molecule has 0 heterocycles. The van der Waals surface area contributed by atoms with E-state index in [-0.39, 0.29) is 12.2 Å². The molecule has 1 saturated carbocycles. The summed E-state index contributed by atoms with van der Waals surface area (Å²) in [5.74, 6) is 1.61. The summed E-state index contributed by atoms with van der Waals surface area (Å²) in [5, 5.41) is 9.37. The van der Waals surface area contributed by atoms with Crippen molar-refractivity contribution in [2.24, 2.45) is 0 Å². The second-order valence-corrected chi connectivity index (χ2v) is 3.89. The second kappa shape index (κ2) is 4.53. The molecule has 1 aliphatic carbocycles. The van der Waals surface area contributed by atoms with Gasteiger partial charge in [0.2, 0.25) is 0 Å². The van der Waals surface area contributed by atoms with Crippen molar-refractivity contribution in [2.45, 2.75) is 31.5 Å². The molecule has 0 radical (unpaired) electrons. The zero-order valence-electron chi connectivity index (χ0n) is 8.85. The fraction of sp³-hybridized carbons (Fsp3) is 0.500. The molecule has 1 aromatic rings. The topological polar surface area (TPSA) is 38.7 Å². The van der Waals surface area contributed by atoms with Gasteiger partial charge in [-0.2, -0.15) is 0 Å². The normalized spacial score (nSPS) is 25.2. The molecule has 1 aliphatic rings. The van der Waals surface area contributed by atoms with E-state index in [0.717, 1.165) is 30.8 Å². The maximum Gasteiger partial charge on any atom is 0.123 e. The fourth-order valence-electron chi connectivity index (χ4n) is 1.89. The van der Waals surface area contributed by atoms with E-state index in [1.807, 2.05) is 24.3 Å². The molecule has 3 nitrogen and oxygen atoms in total. The minimum absolute atomic E-state index is 0.145. The molecule has 0 bridgehead atoms. The van der Waals surface area contributed by atoms with E-state index < -0.39 is 0 Å². The quantitative estimate of drug-likeness (QED) is 0.825. The summed E-state index contributed by atoms with van der Waals surface area (Å²) < 4.78 is 10.9. The molecule has 2 rings (SSSR count). The Morgan fingerprint density at radius 3 is 2.73 bits per heavy atom. The monoisotopic (exact) mass is 208 g/mol. The van der Waals surface area contributed by atoms with Crippen LogP contribution in [0.3, 0.4) is 0 Å². The van der Waals surface area contributed by atoms with Gasteiger partial charge in [-0.25, -0.2) is 0 Å². The lowest BCUT2D eigenvalue weighted by atomic mass is 10.3. The Morgan fingerprint density at radius 1 is 1.27 bits per heavy atom. The molecule has 1 fully saturated rings. The van der Waals surface area contributed by atoms with Gasteiger partial charge in [-0.15, -0.1) is 0 Å². The molecule has 15 heavy (non-hydrogen) atoms. The van der Waals surface area contributed by atoms with Gasteiger partial charge in [0.05, 0.1) is 13.2 Å². The smallest absolute Gasteiger partial charge is 0.123 e. The van der Waals surface area contributed by atoms with Gasteiger partial charge in [0.25, 0.3) is 0 Å². The van der Waals surface area contributed by atoms with Crippen molar-refractivity contribution >= 4 is 0 Å². The van der Waals surface area contributed by atoms with Crippen molar-refractivity contribution < 1.29 is 14.6 Å². The first-order valence-electron chi connectivity index (χ1n) is 5.26. The first-order chi connectivity index (χ1) is 7.28. The third kappa shape index (κ3) is 2.63. The third-order valence-electron chi connectivity index (χ3n) is 2.70. The van der Waals surface area contributed by atoms with Gasteiger partial charge in [0.15, 0.2) is 0 Å². The minimum Gasteiger partial charge on any atom is -0.497 e. The van der Waals surface area contributed by atoms with E-state index in [1.165, 1.54) is 0 Å². The molecule has 0 spiro atoms. The summed E-state index contributed by atoms with van der Waals surface area (Å²) in [6.07, 6.45) is 2.46. The van der Waals surface area contributed by atoms with Crippen LogP contribution < -0.4 is 9.47 Å². The van der Waals surface area contributed by atoms with Crippen LogP contribution in [-0.2, 0) is 0 Å². The number of methoxy groups -OCH3 is 1. The molecule has 0 saturated heterocycles. The van der Waals surface area contributed by atoms with Crippen LogP contribution in [0.25, 0.3) is 0 Å². The minimum atomic E-state index is -0.194. The van der Waals surface area contributed by atoms with Crippen molar-refractivity contribution in [1.29, 1.82) is 0 Å². The maximum atomic E-state index is 9.37. The van der Waals surface area contributed by atoms with Crippen LogP contribution in [0.4, 0.5) is 0 Å². The van der Waals surface area contributed by atoms with Gasteiger partial charge in [0.1, 0.15) is 17.6 Å². The summed E-state index contributed by atoms with van der Waals surface area (Å²) in [6.45, 7) is 0. The molecular formula is C12H16O3. The SMILES string of the molecule is COc1cccc(OC2CCC(O)C2)c1. The zero-order valence-corrected chi connectivity index (χ0v) is 8.85. The highest BCUT2D eigenvalue weighted by Crippen LogP contribution is 2.26. The Hall–Kier alpha value is -1.22. The van der Waals surface area contributed by atoms with Gasteiger partial charge in [0, 0.05) is 12.5 Å². The Labute approximate surface area is 89.6 Å². The Kier molecular flexibility index (Phi) is 3.11. The van der Waals surface area contributed by atoms with E-state index in [2.05, 4.69) is 0 Å². The predicted molar refractivity (Wildman–Crippen MR) is 57.3 cm³/mol. The van der Waals surface area contributed by atoms with E-state index in [0.29, 0.717) is 0 Å². The Bertz CT molecular complexity index is 324. The fourth-order valence-corrected chi connectivity index (χ4v) is 1.89. The molecule has 2 unspecified atom stereocenters. The average molecular weight is 208 g/mol. The molecule has 0 aliphatic heterocycles. The van der Waals surface area contributed by atoms with Crippen LogP contribution in [0.5, 0.6) is 11.5 Å². The third-order valence-corrected chi connectivity index (χ3v) is 2.70. The standard InChI is InChI=1S/C12H16O3/c1-14-10-3-2-4-11(8-10)15-12-6-5-9(13)7-12/h2-4,8-9,12-13H,5-7H2,1H3. The summed E-state index contributed by atoms with van der Waals surface area (Å²) in [7, 11) is 1.64. The molecular weight excluding hydrogens is 192 g/mol. The van der Waals surface area contributed by atoms with Crippen molar-refractivity contribution in [3.63, 3.8) is 0 Å². The zero-order chi connectivity index (χ0) is 10.7. The first-order valence-corrected chi connectivity index (χ1v) is 5.26. The highest BCUT2D eigenvalue weighted by atomic mass is 16.5. The molecule has 3 heteroatoms. The van der Waals surface area contributed by atoms with Gasteiger partial charge in [-0.1, -0.05) is 6.07 Å². The van der Waals surface area contributed by atoms with Crippen LogP contribution in [0.2, 0.25) is 0 Å². The van der Waals surface area contributed by atoms with Gasteiger partial charge < -0.3 is 14.6 Å². The van der Waals surface area contributed by atoms with Crippen LogP contribution in [-0.4, -0.2) is 24.4 Å². The van der Waals surface area contributed by atoms with Gasteiger partial charge in [-0.05, 0) is 25.0 Å². The molecule has 0 amide bonds. The van der Waals surface area contributed by atoms with Gasteiger partial charge in [-0.3, -0.25) is 0 Å². The summed E-state index contributed by atoms with van der Waals surface area (Å²) in [4.78, 5) is 0. The predicted octanol–water partition coefficient (Wildman–Crippen LogP) is 1.99. The van der Waals surface area contributed by atoms with Crippen molar-refractivity contribution in [2.75, 3.05) is 7.11 Å². The largest absolute Gasteiger partial charge is 0.497 e. The van der Waals surface area contributed by atoms with Crippen molar-refractivity contribution in [3.05, 3.63) is 24.3 Å². The lowest BCUT2D eigenvalue weighted by Gasteiger charge is -2.13. The highest BCUT2D eigenvalue weighted by Gasteiger charge is 2.24. The molecule has 1 N–H and O–H groups in total. The Balaban J connectivity index is 1.98. The average Bonchev–Trinajstić information content (AvgIpc) is 2.64. The summed E-state index contributed by atoms with van der Waals surface area (Å²) >= 11 is 0. The molecule has 0 aromatic heterocycles. The van der Waals surface area contributed by atoms with Crippen LogP contribution in [0.15, 0.2) is 24.3 Å². The molecule has 2 atom stereocenters. The van der Waals surface area contributed by atoms with E-state index in [1.54, 1.807) is 7.11 Å². The number of rotatable bonds is 3. The van der Waals surface area contributed by atoms with E-state index >= 15 is 0 Å². The number of ether oxygens (including phenoxy) is 2. The summed E-state index contributed by atoms with van der Waals surface area (Å²) in [5.41, 5.74) is 0. The van der Waals surface area contributed by atoms with Crippen LogP contribution in [0.1, 0.15) is 19.3 Å². The van der Waals surface area contributed by atoms with Crippen molar-refractivity contribution in [3.8, 4) is 11.5 Å². The number of aliphatic hydroxyl groups is 1. The number of hydrogen-bond donors (Lipinski definition) is 1. The summed E-state index contributed by atoms with van der Waals surface area (Å²) in [6, 6.07) is 7.56. The highest BCUT2D eigenvalue weighted by molar-refractivity contribution is 5.33. The lowest BCUT2D eigenvalue weighted by molar-refractivity contribution is 0.149. The van der Waals surface area contributed by atoms with Crippen LogP contribution >= 0.6 is 0 Å². The number of hydrogen-bond acceptors (Lipinski definition) is 3. The van der Waals surface area contributed by atoms with Gasteiger partial charge >= 0.3 is 0 Å². The van der Waals surface area contributed by atoms with E-state index in [4.69, 9.17) is 9.47 Å². The maximum absolute atomic E-state index is 9.37. The number of benzene rings is 1.